The number of piperazine rings is 1. The topological polar surface area (TPSA) is 79.7 Å². The number of hydrogen-bond donors (Lipinski definition) is 1. The molecule has 152 valence electrons. The van der Waals surface area contributed by atoms with Crippen LogP contribution < -0.4 is 5.32 Å². The number of halogens is 1. The Balaban J connectivity index is 1.55. The van der Waals surface area contributed by atoms with E-state index in [4.69, 9.17) is 4.74 Å². The number of benzene rings is 1. The Morgan fingerprint density at radius 1 is 1.18 bits per heavy atom. The van der Waals surface area contributed by atoms with E-state index in [9.17, 15) is 9.59 Å². The SMILES string of the molecule is Cn1nc(Br)c2cccc(NCC(=O)N3CCN(C(=O)OC(C)(C)C)CC3)c21. The third-order valence-corrected chi connectivity index (χ3v) is 5.12. The second kappa shape index (κ2) is 7.98. The normalized spacial score (nSPS) is 15.0. The van der Waals surface area contributed by atoms with Crippen LogP contribution in [0, 0.1) is 0 Å². The number of carbonyl (C=O) groups is 2. The first kappa shape index (κ1) is 20.4. The van der Waals surface area contributed by atoms with Gasteiger partial charge in [0.2, 0.25) is 5.91 Å². The highest BCUT2D eigenvalue weighted by Gasteiger charge is 2.27. The molecular formula is C19H26BrN5O3. The minimum absolute atomic E-state index is 0.00192. The van der Waals surface area contributed by atoms with Crippen molar-refractivity contribution < 1.29 is 14.3 Å². The lowest BCUT2D eigenvalue weighted by Gasteiger charge is -2.35. The van der Waals surface area contributed by atoms with Gasteiger partial charge >= 0.3 is 6.09 Å². The molecule has 1 saturated heterocycles. The highest BCUT2D eigenvalue weighted by atomic mass is 79.9. The van der Waals surface area contributed by atoms with Gasteiger partial charge in [-0.05, 0) is 48.8 Å². The number of amides is 2. The lowest BCUT2D eigenvalue weighted by Crippen LogP contribution is -2.52. The molecule has 0 radical (unpaired) electrons. The summed E-state index contributed by atoms with van der Waals surface area (Å²) in [6.45, 7) is 7.68. The Labute approximate surface area is 172 Å². The van der Waals surface area contributed by atoms with Gasteiger partial charge in [0.05, 0.1) is 17.7 Å². The lowest BCUT2D eigenvalue weighted by atomic mass is 10.2. The van der Waals surface area contributed by atoms with Gasteiger partial charge in [0, 0.05) is 38.6 Å². The van der Waals surface area contributed by atoms with Crippen LogP contribution in [0.1, 0.15) is 20.8 Å². The number of nitrogens with one attached hydrogen (secondary N) is 1. The van der Waals surface area contributed by atoms with E-state index in [1.807, 2.05) is 46.0 Å². The van der Waals surface area contributed by atoms with E-state index >= 15 is 0 Å². The molecule has 2 heterocycles. The molecule has 1 fully saturated rings. The Kier molecular flexibility index (Phi) is 5.83. The molecule has 0 atom stereocenters. The maximum Gasteiger partial charge on any atom is 0.410 e. The monoisotopic (exact) mass is 451 g/mol. The fourth-order valence-electron chi connectivity index (χ4n) is 3.18. The van der Waals surface area contributed by atoms with Crippen molar-refractivity contribution in [1.82, 2.24) is 19.6 Å². The van der Waals surface area contributed by atoms with Crippen molar-refractivity contribution in [2.24, 2.45) is 7.05 Å². The molecule has 1 N–H and O–H groups in total. The van der Waals surface area contributed by atoms with E-state index in [-0.39, 0.29) is 18.5 Å². The summed E-state index contributed by atoms with van der Waals surface area (Å²) in [6.07, 6.45) is -0.328. The maximum atomic E-state index is 12.6. The molecule has 28 heavy (non-hydrogen) atoms. The predicted octanol–water partition coefficient (Wildman–Crippen LogP) is 2.83. The van der Waals surface area contributed by atoms with Crippen LogP contribution in [0.2, 0.25) is 0 Å². The summed E-state index contributed by atoms with van der Waals surface area (Å²) >= 11 is 3.45. The van der Waals surface area contributed by atoms with Crippen molar-refractivity contribution in [2.75, 3.05) is 38.0 Å². The lowest BCUT2D eigenvalue weighted by molar-refractivity contribution is -0.131. The molecule has 8 nitrogen and oxygen atoms in total. The zero-order valence-corrected chi connectivity index (χ0v) is 18.2. The first-order chi connectivity index (χ1) is 13.2. The number of hydrogen-bond acceptors (Lipinski definition) is 5. The molecule has 0 spiro atoms. The number of anilines is 1. The first-order valence-corrected chi connectivity index (χ1v) is 10.1. The number of fused-ring (bicyclic) bond motifs is 1. The smallest absolute Gasteiger partial charge is 0.410 e. The van der Waals surface area contributed by atoms with Crippen LogP contribution in [0.4, 0.5) is 10.5 Å². The molecular weight excluding hydrogens is 426 g/mol. The van der Waals surface area contributed by atoms with Crippen LogP contribution in [-0.2, 0) is 16.6 Å². The van der Waals surface area contributed by atoms with Gasteiger partial charge in [0.25, 0.3) is 0 Å². The molecule has 3 rings (SSSR count). The van der Waals surface area contributed by atoms with E-state index in [0.29, 0.717) is 26.2 Å². The van der Waals surface area contributed by atoms with E-state index in [0.717, 1.165) is 21.2 Å². The molecule has 0 unspecified atom stereocenters. The van der Waals surface area contributed by atoms with Gasteiger partial charge in [-0.2, -0.15) is 5.10 Å². The van der Waals surface area contributed by atoms with Gasteiger partial charge in [0.15, 0.2) is 0 Å². The number of carbonyl (C=O) groups excluding carboxylic acids is 2. The quantitative estimate of drug-likeness (QED) is 0.775. The molecule has 9 heteroatoms. The number of aryl methyl sites for hydroxylation is 1. The molecule has 0 aliphatic carbocycles. The van der Waals surface area contributed by atoms with Gasteiger partial charge in [0.1, 0.15) is 10.2 Å². The summed E-state index contributed by atoms with van der Waals surface area (Å²) in [5, 5.41) is 8.58. The largest absolute Gasteiger partial charge is 0.444 e. The van der Waals surface area contributed by atoms with E-state index < -0.39 is 5.60 Å². The molecule has 1 aromatic carbocycles. The average molecular weight is 452 g/mol. The number of ether oxygens (including phenoxy) is 1. The van der Waals surface area contributed by atoms with Gasteiger partial charge in [-0.15, -0.1) is 0 Å². The molecule has 1 aliphatic heterocycles. The Morgan fingerprint density at radius 2 is 1.82 bits per heavy atom. The number of nitrogens with zero attached hydrogens (tertiary/aromatic N) is 4. The summed E-state index contributed by atoms with van der Waals surface area (Å²) < 4.78 is 7.95. The Morgan fingerprint density at radius 3 is 2.46 bits per heavy atom. The third kappa shape index (κ3) is 4.57. The minimum Gasteiger partial charge on any atom is -0.444 e. The maximum absolute atomic E-state index is 12.6. The van der Waals surface area contributed by atoms with Crippen LogP contribution >= 0.6 is 15.9 Å². The number of para-hydroxylation sites is 1. The van der Waals surface area contributed by atoms with E-state index in [1.54, 1.807) is 14.5 Å². The molecule has 1 aliphatic rings. The molecule has 1 aromatic heterocycles. The van der Waals surface area contributed by atoms with Crippen LogP contribution in [0.15, 0.2) is 22.8 Å². The molecule has 0 bridgehead atoms. The molecule has 0 saturated carbocycles. The Hall–Kier alpha value is -2.29. The Bertz CT molecular complexity index is 882. The molecule has 2 aromatic rings. The summed E-state index contributed by atoms with van der Waals surface area (Å²) in [7, 11) is 1.87. The number of rotatable bonds is 3. The van der Waals surface area contributed by atoms with Crippen molar-refractivity contribution >= 4 is 44.5 Å². The fourth-order valence-corrected chi connectivity index (χ4v) is 3.74. The third-order valence-electron chi connectivity index (χ3n) is 4.53. The summed E-state index contributed by atoms with van der Waals surface area (Å²) in [5.41, 5.74) is 1.28. The van der Waals surface area contributed by atoms with Crippen molar-refractivity contribution in [1.29, 1.82) is 0 Å². The van der Waals surface area contributed by atoms with E-state index in [2.05, 4.69) is 26.3 Å². The van der Waals surface area contributed by atoms with Crippen molar-refractivity contribution in [3.05, 3.63) is 22.8 Å². The predicted molar refractivity (Wildman–Crippen MR) is 111 cm³/mol. The zero-order valence-electron chi connectivity index (χ0n) is 16.7. The number of aromatic nitrogens is 2. The van der Waals surface area contributed by atoms with E-state index in [1.165, 1.54) is 0 Å². The molecule has 2 amide bonds. The van der Waals surface area contributed by atoms with Crippen molar-refractivity contribution in [3.63, 3.8) is 0 Å². The van der Waals surface area contributed by atoms with Gasteiger partial charge < -0.3 is 19.9 Å². The van der Waals surface area contributed by atoms with Crippen molar-refractivity contribution in [2.45, 2.75) is 26.4 Å². The van der Waals surface area contributed by atoms with Crippen LogP contribution in [-0.4, -0.2) is 69.9 Å². The van der Waals surface area contributed by atoms with Crippen LogP contribution in [0.5, 0.6) is 0 Å². The minimum atomic E-state index is -0.518. The fraction of sp³-hybridized carbons (Fsp3) is 0.526. The second-order valence-corrected chi connectivity index (χ2v) is 8.57. The summed E-state index contributed by atoms with van der Waals surface area (Å²) in [5.74, 6) is 0.00192. The van der Waals surface area contributed by atoms with Crippen LogP contribution in [0.25, 0.3) is 10.9 Å². The van der Waals surface area contributed by atoms with Gasteiger partial charge in [-0.1, -0.05) is 6.07 Å². The first-order valence-electron chi connectivity index (χ1n) is 9.26. The highest BCUT2D eigenvalue weighted by molar-refractivity contribution is 9.10. The summed E-state index contributed by atoms with van der Waals surface area (Å²) in [4.78, 5) is 28.2. The zero-order chi connectivity index (χ0) is 20.5. The van der Waals surface area contributed by atoms with Gasteiger partial charge in [-0.25, -0.2) is 4.79 Å². The van der Waals surface area contributed by atoms with Gasteiger partial charge in [-0.3, -0.25) is 9.48 Å². The van der Waals surface area contributed by atoms with Crippen LogP contribution in [0.3, 0.4) is 0 Å². The standard InChI is InChI=1S/C19H26BrN5O3/c1-19(2,3)28-18(27)25-10-8-24(9-11-25)15(26)12-21-14-7-5-6-13-16(14)23(4)22-17(13)20/h5-7,21H,8-12H2,1-4H3. The van der Waals surface area contributed by atoms with Crippen molar-refractivity contribution in [3.8, 4) is 0 Å². The summed E-state index contributed by atoms with van der Waals surface area (Å²) in [6, 6.07) is 5.85. The highest BCUT2D eigenvalue weighted by Crippen LogP contribution is 2.28. The average Bonchev–Trinajstić information content (AvgIpc) is 2.93. The second-order valence-electron chi connectivity index (χ2n) is 7.82.